The second kappa shape index (κ2) is 7.29. The van der Waals surface area contributed by atoms with Gasteiger partial charge in [0.2, 0.25) is 0 Å². The number of hydrogen-bond acceptors (Lipinski definition) is 4. The van der Waals surface area contributed by atoms with Crippen molar-refractivity contribution in [3.05, 3.63) is 58.0 Å². The minimum atomic E-state index is -1.05. The molecule has 0 bridgehead atoms. The first kappa shape index (κ1) is 17.5. The lowest BCUT2D eigenvalue weighted by atomic mass is 10.0. The summed E-state index contributed by atoms with van der Waals surface area (Å²) in [5.74, 6) is -1.24. The molecule has 2 atom stereocenters. The Morgan fingerprint density at radius 3 is 2.72 bits per heavy atom. The molecule has 1 aromatic carbocycles. The average Bonchev–Trinajstić information content (AvgIpc) is 3.14. The summed E-state index contributed by atoms with van der Waals surface area (Å²) in [6.07, 6.45) is 1.47. The van der Waals surface area contributed by atoms with Gasteiger partial charge < -0.3 is 19.6 Å². The molecule has 25 heavy (non-hydrogen) atoms. The Morgan fingerprint density at radius 1 is 1.32 bits per heavy atom. The molecule has 3 rings (SSSR count). The zero-order valence-corrected chi connectivity index (χ0v) is 14.4. The Labute approximate surface area is 149 Å². The van der Waals surface area contributed by atoms with E-state index in [2.05, 4.69) is 5.32 Å². The highest BCUT2D eigenvalue weighted by Crippen LogP contribution is 2.30. The number of carboxylic acid groups (broad SMARTS) is 1. The zero-order valence-electron chi connectivity index (χ0n) is 13.6. The number of rotatable bonds is 5. The van der Waals surface area contributed by atoms with Gasteiger partial charge >= 0.3 is 5.97 Å². The number of nitrogens with one attached hydrogen (secondary N) is 1. The lowest BCUT2D eigenvalue weighted by molar-refractivity contribution is -0.136. The largest absolute Gasteiger partial charge is 0.481 e. The molecule has 1 amide bonds. The fourth-order valence-electron chi connectivity index (χ4n) is 3.03. The van der Waals surface area contributed by atoms with Gasteiger partial charge in [-0.1, -0.05) is 23.7 Å². The fraction of sp³-hybridized carbons (Fsp3) is 0.333. The van der Waals surface area contributed by atoms with E-state index < -0.39 is 5.97 Å². The number of aryl methyl sites for hydroxylation is 1. The molecule has 0 spiro atoms. The first-order valence-electron chi connectivity index (χ1n) is 7.92. The van der Waals surface area contributed by atoms with Gasteiger partial charge in [0, 0.05) is 17.2 Å². The Kier molecular flexibility index (Phi) is 5.11. The first-order chi connectivity index (χ1) is 12.0. The second-order valence-electron chi connectivity index (χ2n) is 6.00. The van der Waals surface area contributed by atoms with Crippen LogP contribution in [0, 0.1) is 6.92 Å². The molecule has 6 nitrogen and oxygen atoms in total. The third kappa shape index (κ3) is 3.86. The Hall–Kier alpha value is -2.31. The lowest BCUT2D eigenvalue weighted by Crippen LogP contribution is -2.37. The molecular weight excluding hydrogens is 346 g/mol. The van der Waals surface area contributed by atoms with Crippen LogP contribution in [0.2, 0.25) is 5.02 Å². The van der Waals surface area contributed by atoms with Crippen LogP contribution < -0.4 is 5.32 Å². The summed E-state index contributed by atoms with van der Waals surface area (Å²) in [4.78, 5) is 23.6. The SMILES string of the molecule is Cc1coc(CC(=O)O)c1C(=O)NC1CCOC1c1ccc(Cl)cc1. The maximum atomic E-state index is 12.7. The van der Waals surface area contributed by atoms with E-state index in [0.29, 0.717) is 23.6 Å². The number of benzene rings is 1. The van der Waals surface area contributed by atoms with Crippen LogP contribution in [0.4, 0.5) is 0 Å². The minimum Gasteiger partial charge on any atom is -0.481 e. The van der Waals surface area contributed by atoms with E-state index in [4.69, 9.17) is 25.9 Å². The van der Waals surface area contributed by atoms with E-state index in [-0.39, 0.29) is 35.8 Å². The molecule has 1 saturated heterocycles. The molecule has 0 saturated carbocycles. The lowest BCUT2D eigenvalue weighted by Gasteiger charge is -2.20. The summed E-state index contributed by atoms with van der Waals surface area (Å²) >= 11 is 5.91. The molecule has 2 unspecified atom stereocenters. The number of carbonyl (C=O) groups is 2. The van der Waals surface area contributed by atoms with Crippen molar-refractivity contribution in [2.75, 3.05) is 6.61 Å². The van der Waals surface area contributed by atoms with Crippen molar-refractivity contribution in [2.45, 2.75) is 31.9 Å². The molecule has 2 aromatic rings. The maximum Gasteiger partial charge on any atom is 0.311 e. The molecular formula is C18H18ClNO5. The van der Waals surface area contributed by atoms with E-state index in [1.54, 1.807) is 19.1 Å². The van der Waals surface area contributed by atoms with Crippen molar-refractivity contribution >= 4 is 23.5 Å². The number of aliphatic carboxylic acids is 1. The van der Waals surface area contributed by atoms with Crippen LogP contribution in [0.5, 0.6) is 0 Å². The number of hydrogen-bond donors (Lipinski definition) is 2. The van der Waals surface area contributed by atoms with Gasteiger partial charge in [-0.15, -0.1) is 0 Å². The van der Waals surface area contributed by atoms with Gasteiger partial charge in [0.1, 0.15) is 18.3 Å². The van der Waals surface area contributed by atoms with Gasteiger partial charge in [0.05, 0.1) is 17.9 Å². The maximum absolute atomic E-state index is 12.7. The van der Waals surface area contributed by atoms with E-state index in [9.17, 15) is 9.59 Å². The number of carbonyl (C=O) groups excluding carboxylic acids is 1. The summed E-state index contributed by atoms with van der Waals surface area (Å²) in [5.41, 5.74) is 1.82. The molecule has 1 aliphatic heterocycles. The van der Waals surface area contributed by atoms with Crippen molar-refractivity contribution in [3.63, 3.8) is 0 Å². The zero-order chi connectivity index (χ0) is 18.0. The normalized spacial score (nSPS) is 19.8. The fourth-order valence-corrected chi connectivity index (χ4v) is 3.16. The molecule has 2 heterocycles. The highest BCUT2D eigenvalue weighted by molar-refractivity contribution is 6.30. The first-order valence-corrected chi connectivity index (χ1v) is 8.30. The number of amides is 1. The Morgan fingerprint density at radius 2 is 2.04 bits per heavy atom. The molecule has 7 heteroatoms. The molecule has 1 fully saturated rings. The van der Waals surface area contributed by atoms with Gasteiger partial charge in [-0.25, -0.2) is 0 Å². The molecule has 2 N–H and O–H groups in total. The number of furan rings is 1. The third-order valence-electron chi connectivity index (χ3n) is 4.20. The van der Waals surface area contributed by atoms with Crippen LogP contribution in [0.25, 0.3) is 0 Å². The predicted octanol–water partition coefficient (Wildman–Crippen LogP) is 3.13. The van der Waals surface area contributed by atoms with Crippen LogP contribution >= 0.6 is 11.6 Å². The van der Waals surface area contributed by atoms with Crippen molar-refractivity contribution in [1.82, 2.24) is 5.32 Å². The van der Waals surface area contributed by atoms with E-state index in [1.165, 1.54) is 6.26 Å². The van der Waals surface area contributed by atoms with Crippen LogP contribution in [-0.2, 0) is 16.0 Å². The minimum absolute atomic E-state index is 0.157. The topological polar surface area (TPSA) is 88.8 Å². The molecule has 0 aliphatic carbocycles. The standard InChI is InChI=1S/C18H18ClNO5/c1-10-9-25-14(8-15(21)22)16(10)18(23)20-13-6-7-24-17(13)11-2-4-12(19)5-3-11/h2-5,9,13,17H,6-8H2,1H3,(H,20,23)(H,21,22). The summed E-state index contributed by atoms with van der Waals surface area (Å²) in [6.45, 7) is 2.25. The Balaban J connectivity index is 1.77. The summed E-state index contributed by atoms with van der Waals surface area (Å²) < 4.78 is 11.0. The summed E-state index contributed by atoms with van der Waals surface area (Å²) in [6, 6.07) is 7.10. The molecule has 1 aliphatic rings. The molecule has 132 valence electrons. The van der Waals surface area contributed by atoms with Crippen molar-refractivity contribution in [3.8, 4) is 0 Å². The van der Waals surface area contributed by atoms with Crippen LogP contribution in [0.1, 0.15) is 39.8 Å². The van der Waals surface area contributed by atoms with Crippen LogP contribution in [-0.4, -0.2) is 29.6 Å². The second-order valence-corrected chi connectivity index (χ2v) is 6.44. The van der Waals surface area contributed by atoms with Crippen LogP contribution in [0.15, 0.2) is 34.9 Å². The summed E-state index contributed by atoms with van der Waals surface area (Å²) in [5, 5.41) is 12.5. The number of halogens is 1. The van der Waals surface area contributed by atoms with Crippen molar-refractivity contribution in [2.24, 2.45) is 0 Å². The van der Waals surface area contributed by atoms with E-state index >= 15 is 0 Å². The third-order valence-corrected chi connectivity index (χ3v) is 4.45. The number of carboxylic acids is 1. The van der Waals surface area contributed by atoms with Gasteiger partial charge in [0.25, 0.3) is 5.91 Å². The van der Waals surface area contributed by atoms with Crippen molar-refractivity contribution < 1.29 is 23.8 Å². The highest BCUT2D eigenvalue weighted by Gasteiger charge is 2.32. The molecule has 1 aromatic heterocycles. The number of ether oxygens (including phenoxy) is 1. The van der Waals surface area contributed by atoms with E-state index in [1.807, 2.05) is 12.1 Å². The smallest absolute Gasteiger partial charge is 0.311 e. The van der Waals surface area contributed by atoms with Crippen molar-refractivity contribution in [1.29, 1.82) is 0 Å². The van der Waals surface area contributed by atoms with Gasteiger partial charge in [-0.2, -0.15) is 0 Å². The molecule has 0 radical (unpaired) electrons. The Bertz CT molecular complexity index is 783. The monoisotopic (exact) mass is 363 g/mol. The average molecular weight is 364 g/mol. The summed E-state index contributed by atoms with van der Waals surface area (Å²) in [7, 11) is 0. The van der Waals surface area contributed by atoms with Gasteiger partial charge in [-0.05, 0) is 31.0 Å². The predicted molar refractivity (Wildman–Crippen MR) is 90.8 cm³/mol. The van der Waals surface area contributed by atoms with Gasteiger partial charge in [-0.3, -0.25) is 9.59 Å². The quantitative estimate of drug-likeness (QED) is 0.852. The highest BCUT2D eigenvalue weighted by atomic mass is 35.5. The van der Waals surface area contributed by atoms with Crippen LogP contribution in [0.3, 0.4) is 0 Å². The van der Waals surface area contributed by atoms with E-state index in [0.717, 1.165) is 5.56 Å². The van der Waals surface area contributed by atoms with Gasteiger partial charge in [0.15, 0.2) is 0 Å².